The third-order valence-electron chi connectivity index (χ3n) is 13.4. The average Bonchev–Trinajstić information content (AvgIpc) is 3.32. The van der Waals surface area contributed by atoms with Crippen LogP contribution < -0.4 is 5.32 Å². The highest BCUT2D eigenvalue weighted by atomic mass is 16.7. The highest BCUT2D eigenvalue weighted by Crippen LogP contribution is 2.26. The normalized spacial score (nSPS) is 20.1. The van der Waals surface area contributed by atoms with Gasteiger partial charge in [0.1, 0.15) is 24.4 Å². The van der Waals surface area contributed by atoms with Crippen molar-refractivity contribution in [3.05, 3.63) is 24.3 Å². The van der Waals surface area contributed by atoms with Crippen LogP contribution in [-0.2, 0) is 23.8 Å². The van der Waals surface area contributed by atoms with Gasteiger partial charge < -0.3 is 45.1 Å². The van der Waals surface area contributed by atoms with Crippen LogP contribution in [0.3, 0.4) is 0 Å². The van der Waals surface area contributed by atoms with Crippen LogP contribution >= 0.6 is 0 Å². The van der Waals surface area contributed by atoms with Crippen LogP contribution in [0.4, 0.5) is 0 Å². The summed E-state index contributed by atoms with van der Waals surface area (Å²) in [5.74, 6) is -1.20. The van der Waals surface area contributed by atoms with Gasteiger partial charge in [-0.2, -0.15) is 0 Å². The first-order valence-corrected chi connectivity index (χ1v) is 28.1. The molecule has 0 aromatic rings. The Kier molecular flexibility index (Phi) is 42.7. The Hall–Kier alpha value is -1.86. The molecule has 1 amide bonds. The molecule has 0 aromatic carbocycles. The lowest BCUT2D eigenvalue weighted by atomic mass is 9.99. The molecule has 0 saturated carbocycles. The standard InChI is InChI=1S/C56H105NO10/c1-4-7-10-13-16-19-22-23-24-25-26-27-29-32-35-38-41-44-51(61)67-54-53(63)52(62)50(45-58)66-56(54)65-46-47(48(59)42-39-36-33-31-28-20-17-14-11-8-5-2)57-55(64)49(60)43-40-37-34-30-21-18-15-12-9-6-3/h15,18,39,42,47-50,52-54,56,58-60,62-63H,4-14,16-17,19-38,40-41,43-46H2,1-3H3,(H,57,64)/b18-15-,42-39+. The van der Waals surface area contributed by atoms with Crippen LogP contribution in [0, 0.1) is 0 Å². The van der Waals surface area contributed by atoms with Crippen molar-refractivity contribution in [1.29, 1.82) is 0 Å². The second-order valence-corrected chi connectivity index (χ2v) is 19.7. The minimum Gasteiger partial charge on any atom is -0.454 e. The number of ether oxygens (including phenoxy) is 3. The fourth-order valence-corrected chi connectivity index (χ4v) is 8.81. The number of esters is 1. The van der Waals surface area contributed by atoms with E-state index in [0.29, 0.717) is 12.8 Å². The van der Waals surface area contributed by atoms with E-state index in [2.05, 4.69) is 38.2 Å². The Morgan fingerprint density at radius 1 is 0.567 bits per heavy atom. The Morgan fingerprint density at radius 3 is 1.49 bits per heavy atom. The maximum atomic E-state index is 13.3. The van der Waals surface area contributed by atoms with Crippen molar-refractivity contribution in [2.75, 3.05) is 13.2 Å². The number of hydrogen-bond donors (Lipinski definition) is 6. The number of unbranched alkanes of at least 4 members (excludes halogenated alkanes) is 31. The van der Waals surface area contributed by atoms with E-state index >= 15 is 0 Å². The third kappa shape index (κ3) is 34.2. The Labute approximate surface area is 410 Å². The second-order valence-electron chi connectivity index (χ2n) is 19.7. The predicted octanol–water partition coefficient (Wildman–Crippen LogP) is 12.2. The van der Waals surface area contributed by atoms with E-state index in [9.17, 15) is 35.1 Å². The minimum atomic E-state index is -1.61. The molecule has 1 aliphatic heterocycles. The molecule has 1 aliphatic rings. The van der Waals surface area contributed by atoms with Crippen LogP contribution in [0.15, 0.2) is 24.3 Å². The van der Waals surface area contributed by atoms with E-state index in [-0.39, 0.29) is 19.4 Å². The topological polar surface area (TPSA) is 175 Å². The summed E-state index contributed by atoms with van der Waals surface area (Å²) >= 11 is 0. The molecule has 67 heavy (non-hydrogen) atoms. The first-order chi connectivity index (χ1) is 32.7. The van der Waals surface area contributed by atoms with Crippen LogP contribution in [0.5, 0.6) is 0 Å². The summed E-state index contributed by atoms with van der Waals surface area (Å²) in [6.45, 7) is 5.73. The number of carbonyl (C=O) groups excluding carboxylic acids is 2. The molecule has 6 N–H and O–H groups in total. The zero-order valence-electron chi connectivity index (χ0n) is 43.3. The molecule has 0 spiro atoms. The van der Waals surface area contributed by atoms with Crippen LogP contribution in [-0.4, -0.2) is 99.6 Å². The number of aliphatic hydroxyl groups excluding tert-OH is 5. The van der Waals surface area contributed by atoms with Crippen molar-refractivity contribution in [3.63, 3.8) is 0 Å². The van der Waals surface area contributed by atoms with Crippen molar-refractivity contribution < 1.29 is 49.3 Å². The molecular formula is C56H105NO10. The monoisotopic (exact) mass is 952 g/mol. The maximum absolute atomic E-state index is 13.3. The number of hydrogen-bond acceptors (Lipinski definition) is 10. The van der Waals surface area contributed by atoms with Crippen molar-refractivity contribution >= 4 is 11.9 Å². The van der Waals surface area contributed by atoms with Gasteiger partial charge in [-0.3, -0.25) is 9.59 Å². The van der Waals surface area contributed by atoms with Gasteiger partial charge in [-0.05, 0) is 44.9 Å². The Balaban J connectivity index is 2.70. The van der Waals surface area contributed by atoms with Gasteiger partial charge in [-0.1, -0.05) is 231 Å². The average molecular weight is 952 g/mol. The smallest absolute Gasteiger partial charge is 0.306 e. The molecule has 1 fully saturated rings. The molecule has 8 atom stereocenters. The molecule has 0 aliphatic carbocycles. The fourth-order valence-electron chi connectivity index (χ4n) is 8.81. The molecule has 11 heteroatoms. The first-order valence-electron chi connectivity index (χ1n) is 28.1. The quantitative estimate of drug-likeness (QED) is 0.0196. The first kappa shape index (κ1) is 63.2. The number of carbonyl (C=O) groups is 2. The van der Waals surface area contributed by atoms with Gasteiger partial charge in [0.15, 0.2) is 12.4 Å². The van der Waals surface area contributed by atoms with Crippen LogP contribution in [0.2, 0.25) is 0 Å². The van der Waals surface area contributed by atoms with E-state index in [4.69, 9.17) is 14.2 Å². The van der Waals surface area contributed by atoms with Crippen LogP contribution in [0.1, 0.15) is 258 Å². The van der Waals surface area contributed by atoms with Gasteiger partial charge in [0.2, 0.25) is 5.91 Å². The molecule has 0 radical (unpaired) electrons. The molecule has 0 aromatic heterocycles. The lowest BCUT2D eigenvalue weighted by molar-refractivity contribution is -0.305. The number of nitrogens with one attached hydrogen (secondary N) is 1. The molecule has 1 heterocycles. The molecule has 394 valence electrons. The van der Waals surface area contributed by atoms with E-state index in [1.807, 2.05) is 6.08 Å². The summed E-state index contributed by atoms with van der Waals surface area (Å²) in [5, 5.41) is 56.6. The van der Waals surface area contributed by atoms with Gasteiger partial charge in [0.05, 0.1) is 25.4 Å². The zero-order chi connectivity index (χ0) is 49.0. The van der Waals surface area contributed by atoms with Gasteiger partial charge in [-0.25, -0.2) is 0 Å². The Bertz CT molecular complexity index is 1180. The summed E-state index contributed by atoms with van der Waals surface area (Å²) < 4.78 is 17.5. The van der Waals surface area contributed by atoms with Gasteiger partial charge >= 0.3 is 5.97 Å². The summed E-state index contributed by atoms with van der Waals surface area (Å²) in [4.78, 5) is 26.4. The van der Waals surface area contributed by atoms with Crippen molar-refractivity contribution in [2.45, 2.75) is 307 Å². The fraction of sp³-hybridized carbons (Fsp3) is 0.893. The predicted molar refractivity (Wildman–Crippen MR) is 274 cm³/mol. The van der Waals surface area contributed by atoms with Gasteiger partial charge in [-0.15, -0.1) is 0 Å². The molecule has 0 bridgehead atoms. The molecule has 1 saturated heterocycles. The van der Waals surface area contributed by atoms with Gasteiger partial charge in [0.25, 0.3) is 0 Å². The van der Waals surface area contributed by atoms with E-state index < -0.39 is 67.4 Å². The summed E-state index contributed by atoms with van der Waals surface area (Å²) in [6.07, 6.45) is 39.5. The third-order valence-corrected chi connectivity index (χ3v) is 13.4. The molecular weight excluding hydrogens is 847 g/mol. The largest absolute Gasteiger partial charge is 0.454 e. The minimum absolute atomic E-state index is 0.128. The SMILES string of the molecule is CCCC/C=C\CCCCCCC(O)C(=O)NC(COC1OC(CO)C(O)C(O)C1OC(=O)CCCCCCCCCCCCCCCCCCC)C(O)/C=C/CCCCCCCCCCC. The Morgan fingerprint density at radius 2 is 1.00 bits per heavy atom. The van der Waals surface area contributed by atoms with Crippen molar-refractivity contribution in [1.82, 2.24) is 5.32 Å². The van der Waals surface area contributed by atoms with E-state index in [1.54, 1.807) is 6.08 Å². The number of amides is 1. The number of rotatable bonds is 47. The zero-order valence-corrected chi connectivity index (χ0v) is 43.3. The highest BCUT2D eigenvalue weighted by molar-refractivity contribution is 5.80. The van der Waals surface area contributed by atoms with Crippen molar-refractivity contribution in [2.24, 2.45) is 0 Å². The molecule has 1 rings (SSSR count). The summed E-state index contributed by atoms with van der Waals surface area (Å²) in [7, 11) is 0. The van der Waals surface area contributed by atoms with E-state index in [0.717, 1.165) is 70.6 Å². The van der Waals surface area contributed by atoms with E-state index in [1.165, 1.54) is 141 Å². The number of aliphatic hydroxyl groups is 5. The summed E-state index contributed by atoms with van der Waals surface area (Å²) in [5.41, 5.74) is 0. The summed E-state index contributed by atoms with van der Waals surface area (Å²) in [6, 6.07) is -1.02. The maximum Gasteiger partial charge on any atom is 0.306 e. The highest BCUT2D eigenvalue weighted by Gasteiger charge is 2.47. The van der Waals surface area contributed by atoms with Crippen molar-refractivity contribution in [3.8, 4) is 0 Å². The van der Waals surface area contributed by atoms with Crippen LogP contribution in [0.25, 0.3) is 0 Å². The second kappa shape index (κ2) is 45.3. The lowest BCUT2D eigenvalue weighted by Gasteiger charge is -2.41. The number of allylic oxidation sites excluding steroid dienone is 3. The lowest BCUT2D eigenvalue weighted by Crippen LogP contribution is -2.61. The molecule has 8 unspecified atom stereocenters. The molecule has 11 nitrogen and oxygen atoms in total. The van der Waals surface area contributed by atoms with Gasteiger partial charge in [0, 0.05) is 6.42 Å².